The van der Waals surface area contributed by atoms with Gasteiger partial charge in [-0.05, 0) is 116 Å². The average molecular weight is 1120 g/mol. The van der Waals surface area contributed by atoms with E-state index in [1.807, 2.05) is 0 Å². The van der Waals surface area contributed by atoms with Gasteiger partial charge >= 0.3 is 25.7 Å². The second kappa shape index (κ2) is 59.8. The maximum Gasteiger partial charge on any atom is 0.472 e. The fourth-order valence-electron chi connectivity index (χ4n) is 8.49. The second-order valence-electron chi connectivity index (χ2n) is 20.8. The molecule has 0 saturated heterocycles. The molecule has 0 fully saturated rings. The van der Waals surface area contributed by atoms with Crippen LogP contribution < -0.4 is 0 Å². The van der Waals surface area contributed by atoms with Crippen molar-refractivity contribution < 1.29 is 52.2 Å². The Bertz CT molecular complexity index is 1630. The molecule has 0 heterocycles. The first-order valence-corrected chi connectivity index (χ1v) is 33.0. The Morgan fingerprint density at radius 3 is 1.06 bits per heavy atom. The third kappa shape index (κ3) is 57.3. The minimum absolute atomic E-state index is 0.135. The number of hydrogen-bond acceptors (Lipinski definition) is 10. The van der Waals surface area contributed by atoms with E-state index in [1.54, 1.807) is 0 Å². The molecule has 0 amide bonds. The zero-order valence-corrected chi connectivity index (χ0v) is 50.8. The number of rotatable bonds is 58. The summed E-state index contributed by atoms with van der Waals surface area (Å²) in [5, 5.41) is 9.85. The van der Waals surface area contributed by atoms with Gasteiger partial charge in [0.2, 0.25) is 0 Å². The molecule has 0 aromatic rings. The van der Waals surface area contributed by atoms with E-state index in [-0.39, 0.29) is 25.9 Å². The smallest absolute Gasteiger partial charge is 0.462 e. The molecule has 3 atom stereocenters. The van der Waals surface area contributed by atoms with Gasteiger partial charge in [0, 0.05) is 19.3 Å². The second-order valence-corrected chi connectivity index (χ2v) is 22.3. The van der Waals surface area contributed by atoms with E-state index < -0.39 is 57.8 Å². The highest BCUT2D eigenvalue weighted by Gasteiger charge is 2.28. The van der Waals surface area contributed by atoms with Crippen LogP contribution >= 0.6 is 7.82 Å². The Balaban J connectivity index is 4.74. The number of aliphatic hydroxyl groups is 1. The molecule has 12 heteroatoms. The van der Waals surface area contributed by atoms with E-state index in [1.165, 1.54) is 103 Å². The number of phosphoric ester groups is 1. The number of esters is 3. The number of unbranched alkanes of at least 4 members (excludes halogenated alkanes) is 27. The molecule has 0 rings (SSSR count). The zero-order chi connectivity index (χ0) is 56.9. The first kappa shape index (κ1) is 74.7. The minimum Gasteiger partial charge on any atom is -0.462 e. The van der Waals surface area contributed by atoms with Gasteiger partial charge in [0.25, 0.3) is 0 Å². The van der Waals surface area contributed by atoms with Crippen LogP contribution in [0.25, 0.3) is 0 Å². The van der Waals surface area contributed by atoms with Crippen molar-refractivity contribution in [3.8, 4) is 0 Å². The van der Waals surface area contributed by atoms with Crippen LogP contribution in [0.1, 0.15) is 278 Å². The van der Waals surface area contributed by atoms with Crippen LogP contribution in [0.15, 0.2) is 85.1 Å². The van der Waals surface area contributed by atoms with Gasteiger partial charge < -0.3 is 24.2 Å². The highest BCUT2D eigenvalue weighted by atomic mass is 31.2. The lowest BCUT2D eigenvalue weighted by Crippen LogP contribution is -2.30. The summed E-state index contributed by atoms with van der Waals surface area (Å²) in [4.78, 5) is 48.7. The standard InChI is InChI=1S/C66H115O11P/c1-4-7-10-13-16-19-22-25-28-31-34-37-40-43-46-49-52-55-64(68)73-59-63(77-66(70)57-54-51-48-45-42-39-36-33-30-27-24-21-18-15-12-9-6-3)61-75-78(71,72)74-60-62(58-67)76-65(69)56-53-50-47-44-41-38-35-32-29-26-23-20-17-14-11-8-5-2/h9,12,16,18-19,21,25-30,36,39,62-63,67H,4-8,10-11,13-15,17,20,22-24,31-35,37-38,40-61H2,1-3H3,(H,71,72)/b12-9-,19-16-,21-18-,28-25-,29-26-,30-27-,39-36-. The normalized spacial score (nSPS) is 13.9. The molecular weight excluding hydrogens is 1000 g/mol. The number of phosphoric acid groups is 1. The Morgan fingerprint density at radius 1 is 0.372 bits per heavy atom. The molecule has 0 aliphatic heterocycles. The van der Waals surface area contributed by atoms with Gasteiger partial charge in [0.15, 0.2) is 6.10 Å². The summed E-state index contributed by atoms with van der Waals surface area (Å²) in [6.45, 7) is 4.49. The quantitative estimate of drug-likeness (QED) is 0.0197. The maximum atomic E-state index is 12.9. The van der Waals surface area contributed by atoms with Gasteiger partial charge in [-0.1, -0.05) is 228 Å². The largest absolute Gasteiger partial charge is 0.472 e. The molecule has 450 valence electrons. The molecule has 0 aromatic carbocycles. The van der Waals surface area contributed by atoms with Crippen LogP contribution in [0.4, 0.5) is 0 Å². The number of ether oxygens (including phenoxy) is 3. The Hall–Kier alpha value is -3.34. The van der Waals surface area contributed by atoms with Crippen molar-refractivity contribution in [2.45, 2.75) is 290 Å². The number of carbonyl (C=O) groups excluding carboxylic acids is 3. The van der Waals surface area contributed by atoms with Crippen LogP contribution in [0, 0.1) is 0 Å². The summed E-state index contributed by atoms with van der Waals surface area (Å²) < 4.78 is 39.6. The number of hydrogen-bond donors (Lipinski definition) is 2. The first-order chi connectivity index (χ1) is 38.2. The molecule has 78 heavy (non-hydrogen) atoms. The zero-order valence-electron chi connectivity index (χ0n) is 49.9. The molecule has 0 radical (unpaired) electrons. The lowest BCUT2D eigenvalue weighted by atomic mass is 10.1. The molecule has 2 N–H and O–H groups in total. The minimum atomic E-state index is -4.77. The van der Waals surface area contributed by atoms with Gasteiger partial charge in [-0.15, -0.1) is 0 Å². The molecular formula is C66H115O11P. The SMILES string of the molecule is CC/C=C\C/C=C\C/C=C\C/C=C\CCCCCCC(=O)OC(COC(=O)CCCCCCCCC/C=C\C/C=C\CCCCC)COP(=O)(O)OCC(CO)OC(=O)CCCCCCCCC/C=C\CCCCCCCC. The topological polar surface area (TPSA) is 155 Å². The summed E-state index contributed by atoms with van der Waals surface area (Å²) in [5.74, 6) is -1.50. The molecule has 0 aliphatic rings. The maximum absolute atomic E-state index is 12.9. The third-order valence-corrected chi connectivity index (χ3v) is 14.2. The van der Waals surface area contributed by atoms with Crippen LogP contribution in [0.5, 0.6) is 0 Å². The Morgan fingerprint density at radius 2 is 0.667 bits per heavy atom. The predicted molar refractivity (Wildman–Crippen MR) is 325 cm³/mol. The lowest BCUT2D eigenvalue weighted by molar-refractivity contribution is -0.161. The summed E-state index contributed by atoms with van der Waals surface area (Å²) in [7, 11) is -4.77. The summed E-state index contributed by atoms with van der Waals surface area (Å²) >= 11 is 0. The monoisotopic (exact) mass is 1110 g/mol. The summed E-state index contributed by atoms with van der Waals surface area (Å²) in [6, 6.07) is 0. The van der Waals surface area contributed by atoms with Crippen LogP contribution in [0.2, 0.25) is 0 Å². The summed E-state index contributed by atoms with van der Waals surface area (Å²) in [6.07, 6.45) is 69.6. The van der Waals surface area contributed by atoms with Gasteiger partial charge in [-0.2, -0.15) is 0 Å². The highest BCUT2D eigenvalue weighted by molar-refractivity contribution is 7.47. The van der Waals surface area contributed by atoms with Crippen LogP contribution in [0.3, 0.4) is 0 Å². The van der Waals surface area contributed by atoms with Crippen molar-refractivity contribution in [3.05, 3.63) is 85.1 Å². The van der Waals surface area contributed by atoms with Crippen molar-refractivity contribution in [2.24, 2.45) is 0 Å². The van der Waals surface area contributed by atoms with E-state index in [0.29, 0.717) is 19.3 Å². The number of aliphatic hydroxyl groups excluding tert-OH is 1. The highest BCUT2D eigenvalue weighted by Crippen LogP contribution is 2.43. The molecule has 0 aliphatic carbocycles. The van der Waals surface area contributed by atoms with Crippen molar-refractivity contribution in [2.75, 3.05) is 26.4 Å². The fourth-order valence-corrected chi connectivity index (χ4v) is 9.27. The van der Waals surface area contributed by atoms with Gasteiger partial charge in [0.05, 0.1) is 19.8 Å². The lowest BCUT2D eigenvalue weighted by Gasteiger charge is -2.21. The fraction of sp³-hybridized carbons (Fsp3) is 0.742. The molecule has 0 bridgehead atoms. The summed E-state index contributed by atoms with van der Waals surface area (Å²) in [5.41, 5.74) is 0. The molecule has 3 unspecified atom stereocenters. The molecule has 0 spiro atoms. The van der Waals surface area contributed by atoms with Gasteiger partial charge in [-0.3, -0.25) is 23.4 Å². The van der Waals surface area contributed by atoms with E-state index >= 15 is 0 Å². The Kier molecular flexibility index (Phi) is 57.2. The third-order valence-electron chi connectivity index (χ3n) is 13.3. The van der Waals surface area contributed by atoms with Gasteiger partial charge in [-0.25, -0.2) is 4.57 Å². The van der Waals surface area contributed by atoms with Crippen molar-refractivity contribution >= 4 is 25.7 Å². The first-order valence-electron chi connectivity index (χ1n) is 31.5. The average Bonchev–Trinajstić information content (AvgIpc) is 3.43. The van der Waals surface area contributed by atoms with Crippen molar-refractivity contribution in [3.63, 3.8) is 0 Å². The Labute approximate surface area is 477 Å². The van der Waals surface area contributed by atoms with E-state index in [2.05, 4.69) is 106 Å². The van der Waals surface area contributed by atoms with Crippen LogP contribution in [-0.4, -0.2) is 66.5 Å². The van der Waals surface area contributed by atoms with E-state index in [4.69, 9.17) is 23.3 Å². The molecule has 0 saturated carbocycles. The molecule has 11 nitrogen and oxygen atoms in total. The van der Waals surface area contributed by atoms with Crippen molar-refractivity contribution in [1.29, 1.82) is 0 Å². The van der Waals surface area contributed by atoms with E-state index in [0.717, 1.165) is 116 Å². The number of carbonyl (C=O) groups is 3. The predicted octanol–water partition coefficient (Wildman–Crippen LogP) is 19.0. The van der Waals surface area contributed by atoms with Crippen LogP contribution in [-0.2, 0) is 42.2 Å². The van der Waals surface area contributed by atoms with Crippen molar-refractivity contribution in [1.82, 2.24) is 0 Å². The van der Waals surface area contributed by atoms with Gasteiger partial charge in [0.1, 0.15) is 12.7 Å². The molecule has 0 aromatic heterocycles. The number of allylic oxidation sites excluding steroid dienone is 14. The van der Waals surface area contributed by atoms with E-state index in [9.17, 15) is 28.9 Å².